The maximum Gasteiger partial charge on any atom is 0.251 e. The Balaban J connectivity index is 0.00000169. The fraction of sp³-hybridized carbons (Fsp3) is 0.632. The van der Waals surface area contributed by atoms with Crippen molar-refractivity contribution in [3.05, 3.63) is 35.4 Å². The van der Waals surface area contributed by atoms with E-state index in [2.05, 4.69) is 46.5 Å². The van der Waals surface area contributed by atoms with Crippen LogP contribution < -0.4 is 10.6 Å². The zero-order valence-corrected chi connectivity index (χ0v) is 17.4. The first kappa shape index (κ1) is 23.2. The van der Waals surface area contributed by atoms with Crippen LogP contribution in [0.1, 0.15) is 29.3 Å². The van der Waals surface area contributed by atoms with Gasteiger partial charge in [0, 0.05) is 44.3 Å². The lowest BCUT2D eigenvalue weighted by atomic mass is 9.95. The van der Waals surface area contributed by atoms with E-state index in [1.165, 1.54) is 5.56 Å². The third kappa shape index (κ3) is 6.39. The monoisotopic (exact) mass is 402 g/mol. The highest BCUT2D eigenvalue weighted by molar-refractivity contribution is 5.94. The second-order valence-corrected chi connectivity index (χ2v) is 7.33. The van der Waals surface area contributed by atoms with Crippen molar-refractivity contribution in [3.8, 4) is 0 Å². The molecular weight excluding hydrogens is 371 g/mol. The Bertz CT molecular complexity index is 547. The summed E-state index contributed by atoms with van der Waals surface area (Å²) in [5.74, 6) is 0.541. The number of carbonyl (C=O) groups excluding carboxylic acids is 1. The third-order valence-electron chi connectivity index (χ3n) is 5.32. The van der Waals surface area contributed by atoms with Gasteiger partial charge < -0.3 is 15.5 Å². The normalized spacial score (nSPS) is 24.2. The predicted octanol–water partition coefficient (Wildman–Crippen LogP) is 2.01. The lowest BCUT2D eigenvalue weighted by Crippen LogP contribution is -2.48. The van der Waals surface area contributed by atoms with Gasteiger partial charge in [0.15, 0.2) is 0 Å². The standard InChI is InChI=1S/C19H30N4O.2ClH/c1-15-13-20-8-7-18(15)21-19(24)17-5-3-16(4-6-17)14-23-11-9-22(2)10-12-23;;/h3-6,15,18,20H,7-14H2,1-2H3,(H,21,24);2*1H. The van der Waals surface area contributed by atoms with E-state index in [-0.39, 0.29) is 36.8 Å². The molecule has 2 N–H and O–H groups in total. The van der Waals surface area contributed by atoms with Gasteiger partial charge in [-0.15, -0.1) is 24.8 Å². The molecule has 2 aliphatic heterocycles. The topological polar surface area (TPSA) is 47.6 Å². The van der Waals surface area contributed by atoms with Crippen LogP contribution in [0.4, 0.5) is 0 Å². The Kier molecular flexibility index (Phi) is 9.90. The molecule has 2 aliphatic rings. The molecule has 148 valence electrons. The number of halogens is 2. The summed E-state index contributed by atoms with van der Waals surface area (Å²) >= 11 is 0. The van der Waals surface area contributed by atoms with Crippen molar-refractivity contribution >= 4 is 30.7 Å². The van der Waals surface area contributed by atoms with Crippen LogP contribution in [-0.4, -0.2) is 68.1 Å². The molecule has 5 nitrogen and oxygen atoms in total. The number of piperazine rings is 1. The number of likely N-dealkylation sites (N-methyl/N-ethyl adjacent to an activating group) is 1. The molecule has 0 radical (unpaired) electrons. The van der Waals surface area contributed by atoms with Crippen LogP contribution in [0.3, 0.4) is 0 Å². The molecule has 2 fully saturated rings. The van der Waals surface area contributed by atoms with E-state index in [4.69, 9.17) is 0 Å². The molecule has 7 heteroatoms. The summed E-state index contributed by atoms with van der Waals surface area (Å²) in [6.07, 6.45) is 1.01. The lowest BCUT2D eigenvalue weighted by molar-refractivity contribution is 0.0914. The predicted molar refractivity (Wildman–Crippen MR) is 112 cm³/mol. The zero-order valence-electron chi connectivity index (χ0n) is 15.7. The maximum atomic E-state index is 12.4. The molecular formula is C19H32Cl2N4O. The van der Waals surface area contributed by atoms with Crippen LogP contribution in [0, 0.1) is 5.92 Å². The second-order valence-electron chi connectivity index (χ2n) is 7.33. The minimum Gasteiger partial charge on any atom is -0.349 e. The highest BCUT2D eigenvalue weighted by atomic mass is 35.5. The minimum atomic E-state index is 0. The SMILES string of the molecule is CC1CNCCC1NC(=O)c1ccc(CN2CCN(C)CC2)cc1.Cl.Cl. The van der Waals surface area contributed by atoms with Crippen LogP contribution in [0.15, 0.2) is 24.3 Å². The molecule has 2 saturated heterocycles. The van der Waals surface area contributed by atoms with Crippen LogP contribution in [-0.2, 0) is 6.54 Å². The van der Waals surface area contributed by atoms with Crippen LogP contribution in [0.2, 0.25) is 0 Å². The lowest BCUT2D eigenvalue weighted by Gasteiger charge is -2.32. The van der Waals surface area contributed by atoms with Gasteiger partial charge in [-0.3, -0.25) is 9.69 Å². The van der Waals surface area contributed by atoms with Gasteiger partial charge >= 0.3 is 0 Å². The van der Waals surface area contributed by atoms with Gasteiger partial charge in [0.05, 0.1) is 0 Å². The molecule has 0 spiro atoms. The van der Waals surface area contributed by atoms with Crippen molar-refractivity contribution in [1.82, 2.24) is 20.4 Å². The molecule has 2 atom stereocenters. The summed E-state index contributed by atoms with van der Waals surface area (Å²) < 4.78 is 0. The van der Waals surface area contributed by atoms with Crippen molar-refractivity contribution < 1.29 is 4.79 Å². The van der Waals surface area contributed by atoms with E-state index >= 15 is 0 Å². The van der Waals surface area contributed by atoms with E-state index in [9.17, 15) is 4.79 Å². The van der Waals surface area contributed by atoms with E-state index in [1.807, 2.05) is 12.1 Å². The summed E-state index contributed by atoms with van der Waals surface area (Å²) in [7, 11) is 2.17. The van der Waals surface area contributed by atoms with Crippen molar-refractivity contribution in [2.75, 3.05) is 46.3 Å². The summed E-state index contributed by atoms with van der Waals surface area (Å²) in [5, 5.41) is 6.56. The molecule has 0 aliphatic carbocycles. The molecule has 2 unspecified atom stereocenters. The molecule has 1 amide bonds. The molecule has 0 aromatic heterocycles. The number of hydrogen-bond donors (Lipinski definition) is 2. The van der Waals surface area contributed by atoms with Crippen molar-refractivity contribution in [2.24, 2.45) is 5.92 Å². The Labute approximate surface area is 169 Å². The number of nitrogens with zero attached hydrogens (tertiary/aromatic N) is 2. The zero-order chi connectivity index (χ0) is 16.9. The Morgan fingerprint density at radius 3 is 2.42 bits per heavy atom. The van der Waals surface area contributed by atoms with Crippen molar-refractivity contribution in [2.45, 2.75) is 25.9 Å². The number of benzene rings is 1. The Morgan fingerprint density at radius 2 is 1.81 bits per heavy atom. The van der Waals surface area contributed by atoms with Gasteiger partial charge in [-0.05, 0) is 50.2 Å². The minimum absolute atomic E-state index is 0. The number of amides is 1. The number of nitrogens with one attached hydrogen (secondary N) is 2. The van der Waals surface area contributed by atoms with Gasteiger partial charge in [0.25, 0.3) is 5.91 Å². The Morgan fingerprint density at radius 1 is 1.15 bits per heavy atom. The van der Waals surface area contributed by atoms with E-state index < -0.39 is 0 Å². The molecule has 2 heterocycles. The molecule has 1 aromatic carbocycles. The van der Waals surface area contributed by atoms with Gasteiger partial charge in [-0.25, -0.2) is 0 Å². The first-order valence-corrected chi connectivity index (χ1v) is 9.13. The van der Waals surface area contributed by atoms with Gasteiger partial charge in [-0.2, -0.15) is 0 Å². The molecule has 1 aromatic rings. The van der Waals surface area contributed by atoms with Crippen molar-refractivity contribution in [1.29, 1.82) is 0 Å². The van der Waals surface area contributed by atoms with E-state index in [0.29, 0.717) is 5.92 Å². The largest absolute Gasteiger partial charge is 0.349 e. The number of piperidine rings is 1. The van der Waals surface area contributed by atoms with E-state index in [0.717, 1.165) is 57.8 Å². The molecule has 3 rings (SSSR count). The third-order valence-corrected chi connectivity index (χ3v) is 5.32. The van der Waals surface area contributed by atoms with Gasteiger partial charge in [0.1, 0.15) is 0 Å². The average Bonchev–Trinajstić information content (AvgIpc) is 2.59. The van der Waals surface area contributed by atoms with E-state index in [1.54, 1.807) is 0 Å². The van der Waals surface area contributed by atoms with Gasteiger partial charge in [0.2, 0.25) is 0 Å². The summed E-state index contributed by atoms with van der Waals surface area (Å²) in [5.41, 5.74) is 2.05. The highest BCUT2D eigenvalue weighted by Crippen LogP contribution is 2.13. The molecule has 0 bridgehead atoms. The van der Waals surface area contributed by atoms with Crippen molar-refractivity contribution in [3.63, 3.8) is 0 Å². The first-order valence-electron chi connectivity index (χ1n) is 9.13. The number of hydrogen-bond acceptors (Lipinski definition) is 4. The maximum absolute atomic E-state index is 12.4. The average molecular weight is 403 g/mol. The fourth-order valence-corrected chi connectivity index (χ4v) is 3.51. The molecule has 26 heavy (non-hydrogen) atoms. The Hall–Kier alpha value is -0.850. The highest BCUT2D eigenvalue weighted by Gasteiger charge is 2.23. The van der Waals surface area contributed by atoms with Crippen LogP contribution in [0.25, 0.3) is 0 Å². The summed E-state index contributed by atoms with van der Waals surface area (Å²) in [6, 6.07) is 8.40. The molecule has 0 saturated carbocycles. The number of rotatable bonds is 4. The fourth-order valence-electron chi connectivity index (χ4n) is 3.51. The summed E-state index contributed by atoms with van der Waals surface area (Å²) in [4.78, 5) is 17.3. The summed E-state index contributed by atoms with van der Waals surface area (Å²) in [6.45, 7) is 9.63. The van der Waals surface area contributed by atoms with Crippen LogP contribution >= 0.6 is 24.8 Å². The first-order chi connectivity index (χ1) is 11.6. The smallest absolute Gasteiger partial charge is 0.251 e. The second kappa shape index (κ2) is 11.1. The number of carbonyl (C=O) groups is 1. The van der Waals surface area contributed by atoms with Gasteiger partial charge in [-0.1, -0.05) is 19.1 Å². The van der Waals surface area contributed by atoms with Crippen LogP contribution in [0.5, 0.6) is 0 Å². The quantitative estimate of drug-likeness (QED) is 0.808.